The molecule has 0 unspecified atom stereocenters. The number of aryl methyl sites for hydroxylation is 1. The van der Waals surface area contributed by atoms with Crippen LogP contribution in [0, 0.1) is 6.92 Å². The van der Waals surface area contributed by atoms with E-state index in [0.29, 0.717) is 5.56 Å². The lowest BCUT2D eigenvalue weighted by atomic mass is 10.1. The molecule has 1 amide bonds. The number of benzene rings is 3. The molecular formula is C22H15Br2N3OS2. The number of hydrogen-bond donors (Lipinski definition) is 2. The predicted molar refractivity (Wildman–Crippen MR) is 135 cm³/mol. The first kappa shape index (κ1) is 21.1. The monoisotopic (exact) mass is 559 g/mol. The largest absolute Gasteiger partial charge is 0.331 e. The number of para-hydroxylation sites is 1. The molecule has 0 saturated heterocycles. The van der Waals surface area contributed by atoms with Crippen LogP contribution in [0.15, 0.2) is 69.6 Å². The van der Waals surface area contributed by atoms with Crippen molar-refractivity contribution in [1.82, 2.24) is 10.3 Å². The standard InChI is InChI=1S/C22H15Br2N3OS2/c1-12-6-2-3-7-14(12)20(28)27-22(29)26-19-15(10-13(23)11-16(19)24)21-25-17-8-4-5-9-18(17)30-21/h2-11H,1H3,(H2,26,27,28,29). The summed E-state index contributed by atoms with van der Waals surface area (Å²) in [7, 11) is 0. The van der Waals surface area contributed by atoms with Crippen LogP contribution in [-0.2, 0) is 0 Å². The number of carbonyl (C=O) groups excluding carboxylic acids is 1. The van der Waals surface area contributed by atoms with Gasteiger partial charge in [-0.3, -0.25) is 10.1 Å². The second-order valence-electron chi connectivity index (χ2n) is 6.52. The molecular weight excluding hydrogens is 546 g/mol. The summed E-state index contributed by atoms with van der Waals surface area (Å²) >= 11 is 14.2. The van der Waals surface area contributed by atoms with Gasteiger partial charge in [0.2, 0.25) is 0 Å². The Morgan fingerprint density at radius 1 is 1.07 bits per heavy atom. The molecule has 30 heavy (non-hydrogen) atoms. The smallest absolute Gasteiger partial charge is 0.257 e. The van der Waals surface area contributed by atoms with Gasteiger partial charge in [-0.05, 0) is 71.0 Å². The third kappa shape index (κ3) is 4.46. The molecule has 1 heterocycles. The molecule has 4 aromatic rings. The lowest BCUT2D eigenvalue weighted by molar-refractivity contribution is 0.0977. The van der Waals surface area contributed by atoms with Crippen LogP contribution in [0.1, 0.15) is 15.9 Å². The predicted octanol–water partition coefficient (Wildman–Crippen LogP) is 6.92. The van der Waals surface area contributed by atoms with Gasteiger partial charge >= 0.3 is 0 Å². The van der Waals surface area contributed by atoms with Gasteiger partial charge in [0.25, 0.3) is 5.91 Å². The van der Waals surface area contributed by atoms with E-state index in [9.17, 15) is 4.79 Å². The van der Waals surface area contributed by atoms with E-state index in [2.05, 4.69) is 42.5 Å². The van der Waals surface area contributed by atoms with E-state index in [0.717, 1.165) is 41.0 Å². The maximum absolute atomic E-state index is 12.6. The van der Waals surface area contributed by atoms with Crippen LogP contribution in [0.2, 0.25) is 0 Å². The zero-order chi connectivity index (χ0) is 21.3. The minimum absolute atomic E-state index is 0.216. The number of nitrogens with one attached hydrogen (secondary N) is 2. The quantitative estimate of drug-likeness (QED) is 0.267. The van der Waals surface area contributed by atoms with Gasteiger partial charge in [0, 0.05) is 20.1 Å². The van der Waals surface area contributed by atoms with Crippen molar-refractivity contribution in [2.75, 3.05) is 5.32 Å². The highest BCUT2D eigenvalue weighted by Crippen LogP contribution is 2.40. The van der Waals surface area contributed by atoms with Crippen molar-refractivity contribution in [2.24, 2.45) is 0 Å². The number of anilines is 1. The number of amides is 1. The van der Waals surface area contributed by atoms with Crippen LogP contribution >= 0.6 is 55.4 Å². The lowest BCUT2D eigenvalue weighted by Gasteiger charge is -2.15. The summed E-state index contributed by atoms with van der Waals surface area (Å²) in [6, 6.07) is 19.3. The van der Waals surface area contributed by atoms with Crippen LogP contribution in [0.5, 0.6) is 0 Å². The highest BCUT2D eigenvalue weighted by Gasteiger charge is 2.17. The molecule has 0 spiro atoms. The van der Waals surface area contributed by atoms with Crippen molar-refractivity contribution in [2.45, 2.75) is 6.92 Å². The molecule has 4 rings (SSSR count). The van der Waals surface area contributed by atoms with Crippen LogP contribution < -0.4 is 10.6 Å². The Kier molecular flexibility index (Phi) is 6.29. The van der Waals surface area contributed by atoms with Gasteiger partial charge in [-0.25, -0.2) is 4.98 Å². The molecule has 0 saturated carbocycles. The Bertz CT molecular complexity index is 1250. The molecule has 2 N–H and O–H groups in total. The van der Waals surface area contributed by atoms with Gasteiger partial charge in [0.1, 0.15) is 5.01 Å². The summed E-state index contributed by atoms with van der Waals surface area (Å²) in [5.41, 5.74) is 4.04. The third-order valence-corrected chi connectivity index (χ3v) is 6.79. The molecule has 8 heteroatoms. The first-order chi connectivity index (χ1) is 14.4. The van der Waals surface area contributed by atoms with E-state index in [4.69, 9.17) is 17.2 Å². The maximum atomic E-state index is 12.6. The SMILES string of the molecule is Cc1ccccc1C(=O)NC(=S)Nc1c(Br)cc(Br)cc1-c1nc2ccccc2s1. The first-order valence-electron chi connectivity index (χ1n) is 8.95. The fourth-order valence-electron chi connectivity index (χ4n) is 3.00. The number of fused-ring (bicyclic) bond motifs is 1. The van der Waals surface area contributed by atoms with Gasteiger partial charge in [-0.2, -0.15) is 0 Å². The zero-order valence-electron chi connectivity index (χ0n) is 15.7. The van der Waals surface area contributed by atoms with Crippen LogP contribution in [-0.4, -0.2) is 16.0 Å². The van der Waals surface area contributed by atoms with E-state index in [1.165, 1.54) is 0 Å². The Morgan fingerprint density at radius 2 is 1.80 bits per heavy atom. The van der Waals surface area contributed by atoms with Crippen molar-refractivity contribution < 1.29 is 4.79 Å². The summed E-state index contributed by atoms with van der Waals surface area (Å²) in [6.07, 6.45) is 0. The summed E-state index contributed by atoms with van der Waals surface area (Å²) in [5, 5.41) is 7.00. The Morgan fingerprint density at radius 3 is 2.57 bits per heavy atom. The lowest BCUT2D eigenvalue weighted by Crippen LogP contribution is -2.34. The molecule has 0 aliphatic rings. The Labute approximate surface area is 200 Å². The molecule has 0 atom stereocenters. The fourth-order valence-corrected chi connectivity index (χ4v) is 5.51. The van der Waals surface area contributed by atoms with Gasteiger partial charge in [-0.1, -0.05) is 46.3 Å². The van der Waals surface area contributed by atoms with Gasteiger partial charge < -0.3 is 5.32 Å². The molecule has 1 aromatic heterocycles. The highest BCUT2D eigenvalue weighted by atomic mass is 79.9. The second kappa shape index (κ2) is 8.93. The van der Waals surface area contributed by atoms with Crippen LogP contribution in [0.25, 0.3) is 20.8 Å². The Hall–Kier alpha value is -2.13. The van der Waals surface area contributed by atoms with Crippen LogP contribution in [0.4, 0.5) is 5.69 Å². The van der Waals surface area contributed by atoms with Crippen LogP contribution in [0.3, 0.4) is 0 Å². The van der Waals surface area contributed by atoms with E-state index in [1.54, 1.807) is 17.4 Å². The molecule has 150 valence electrons. The molecule has 4 nitrogen and oxygen atoms in total. The van der Waals surface area contributed by atoms with Crippen molar-refractivity contribution >= 4 is 82.3 Å². The molecule has 0 bridgehead atoms. The van der Waals surface area contributed by atoms with Crippen molar-refractivity contribution in [3.8, 4) is 10.6 Å². The van der Waals surface area contributed by atoms with Crippen molar-refractivity contribution in [3.05, 3.63) is 80.7 Å². The van der Waals surface area contributed by atoms with E-state index in [1.807, 2.05) is 61.5 Å². The van der Waals surface area contributed by atoms with E-state index >= 15 is 0 Å². The van der Waals surface area contributed by atoms with Gasteiger partial charge in [0.05, 0.1) is 15.9 Å². The summed E-state index contributed by atoms with van der Waals surface area (Å²) in [5.74, 6) is -0.250. The molecule has 0 aliphatic heterocycles. The third-order valence-electron chi connectivity index (χ3n) is 4.43. The summed E-state index contributed by atoms with van der Waals surface area (Å²) in [4.78, 5) is 17.4. The number of carbonyl (C=O) groups is 1. The van der Waals surface area contributed by atoms with Crippen molar-refractivity contribution in [1.29, 1.82) is 0 Å². The average molecular weight is 561 g/mol. The number of rotatable bonds is 3. The summed E-state index contributed by atoms with van der Waals surface area (Å²) in [6.45, 7) is 1.89. The number of halogens is 2. The molecule has 3 aromatic carbocycles. The van der Waals surface area contributed by atoms with Crippen molar-refractivity contribution in [3.63, 3.8) is 0 Å². The molecule has 0 aliphatic carbocycles. The van der Waals surface area contributed by atoms with E-state index < -0.39 is 0 Å². The second-order valence-corrected chi connectivity index (χ2v) is 9.73. The normalized spacial score (nSPS) is 10.8. The van der Waals surface area contributed by atoms with Gasteiger partial charge in [0.15, 0.2) is 5.11 Å². The topological polar surface area (TPSA) is 54.0 Å². The summed E-state index contributed by atoms with van der Waals surface area (Å²) < 4.78 is 2.81. The fraction of sp³-hybridized carbons (Fsp3) is 0.0455. The maximum Gasteiger partial charge on any atom is 0.257 e. The highest BCUT2D eigenvalue weighted by molar-refractivity contribution is 9.11. The first-order valence-corrected chi connectivity index (χ1v) is 11.8. The number of aromatic nitrogens is 1. The minimum Gasteiger partial charge on any atom is -0.331 e. The minimum atomic E-state index is -0.250. The van der Waals surface area contributed by atoms with Gasteiger partial charge in [-0.15, -0.1) is 11.3 Å². The average Bonchev–Trinajstić information content (AvgIpc) is 3.14. The zero-order valence-corrected chi connectivity index (χ0v) is 20.5. The number of nitrogens with zero attached hydrogens (tertiary/aromatic N) is 1. The number of thiazole rings is 1. The number of thiocarbonyl (C=S) groups is 1. The Balaban J connectivity index is 1.65. The molecule has 0 fully saturated rings. The van der Waals surface area contributed by atoms with E-state index in [-0.39, 0.29) is 11.0 Å². The number of hydrogen-bond acceptors (Lipinski definition) is 4. The molecule has 0 radical (unpaired) electrons.